The van der Waals surface area contributed by atoms with E-state index in [1.165, 1.54) is 0 Å². The second-order valence-corrected chi connectivity index (χ2v) is 3.68. The maximum atomic E-state index is 11.2. The van der Waals surface area contributed by atoms with Crippen LogP contribution in [0.3, 0.4) is 0 Å². The van der Waals surface area contributed by atoms with Crippen molar-refractivity contribution in [1.82, 2.24) is 0 Å². The highest BCUT2D eigenvalue weighted by atomic mass is 16.5. The summed E-state index contributed by atoms with van der Waals surface area (Å²) in [7, 11) is 3.93. The SMILES string of the molecule is CN(C)c1ccc(CC(=O)OCCO)cc1. The number of hydrogen-bond donors (Lipinski definition) is 1. The minimum atomic E-state index is -0.313. The topological polar surface area (TPSA) is 49.8 Å². The summed E-state index contributed by atoms with van der Waals surface area (Å²) in [5, 5.41) is 8.50. The average Bonchev–Trinajstić information content (AvgIpc) is 2.27. The third-order valence-corrected chi connectivity index (χ3v) is 2.16. The van der Waals surface area contributed by atoms with Crippen LogP contribution in [0.25, 0.3) is 0 Å². The summed E-state index contributed by atoms with van der Waals surface area (Å²) in [5.41, 5.74) is 2.00. The minimum Gasteiger partial charge on any atom is -0.463 e. The highest BCUT2D eigenvalue weighted by Crippen LogP contribution is 2.12. The van der Waals surface area contributed by atoms with Gasteiger partial charge in [0.25, 0.3) is 0 Å². The largest absolute Gasteiger partial charge is 0.463 e. The van der Waals surface area contributed by atoms with Gasteiger partial charge in [-0.2, -0.15) is 0 Å². The van der Waals surface area contributed by atoms with E-state index in [0.29, 0.717) is 0 Å². The fourth-order valence-corrected chi connectivity index (χ4v) is 1.29. The molecule has 0 saturated carbocycles. The highest BCUT2D eigenvalue weighted by Gasteiger charge is 2.04. The lowest BCUT2D eigenvalue weighted by Crippen LogP contribution is -2.11. The molecule has 0 unspecified atom stereocenters. The molecule has 0 atom stereocenters. The number of hydrogen-bond acceptors (Lipinski definition) is 4. The maximum absolute atomic E-state index is 11.2. The van der Waals surface area contributed by atoms with Crippen LogP contribution in [0.5, 0.6) is 0 Å². The van der Waals surface area contributed by atoms with Gasteiger partial charge in [0.15, 0.2) is 0 Å². The van der Waals surface area contributed by atoms with Crippen LogP contribution in [0.4, 0.5) is 5.69 Å². The van der Waals surface area contributed by atoms with Crippen molar-refractivity contribution in [2.45, 2.75) is 6.42 Å². The summed E-state index contributed by atoms with van der Waals surface area (Å²) in [5.74, 6) is -0.313. The van der Waals surface area contributed by atoms with E-state index in [9.17, 15) is 4.79 Å². The number of nitrogens with zero attached hydrogens (tertiary/aromatic N) is 1. The van der Waals surface area contributed by atoms with E-state index in [-0.39, 0.29) is 25.6 Å². The third kappa shape index (κ3) is 3.90. The Balaban J connectivity index is 2.51. The smallest absolute Gasteiger partial charge is 0.310 e. The van der Waals surface area contributed by atoms with E-state index < -0.39 is 0 Å². The summed E-state index contributed by atoms with van der Waals surface area (Å²) >= 11 is 0. The number of benzene rings is 1. The van der Waals surface area contributed by atoms with Crippen molar-refractivity contribution in [3.05, 3.63) is 29.8 Å². The van der Waals surface area contributed by atoms with Crippen LogP contribution in [-0.4, -0.2) is 38.4 Å². The average molecular weight is 223 g/mol. The Morgan fingerprint density at radius 3 is 2.44 bits per heavy atom. The fraction of sp³-hybridized carbons (Fsp3) is 0.417. The zero-order valence-electron chi connectivity index (χ0n) is 9.64. The van der Waals surface area contributed by atoms with Gasteiger partial charge in [-0.25, -0.2) is 0 Å². The lowest BCUT2D eigenvalue weighted by Gasteiger charge is -2.12. The Labute approximate surface area is 95.5 Å². The molecule has 0 amide bonds. The van der Waals surface area contributed by atoms with Crippen molar-refractivity contribution in [1.29, 1.82) is 0 Å². The molecule has 0 fully saturated rings. The van der Waals surface area contributed by atoms with Crippen LogP contribution < -0.4 is 4.90 Å². The van der Waals surface area contributed by atoms with Crippen molar-refractivity contribution < 1.29 is 14.6 Å². The van der Waals surface area contributed by atoms with E-state index in [4.69, 9.17) is 9.84 Å². The summed E-state index contributed by atoms with van der Waals surface area (Å²) < 4.78 is 4.77. The first kappa shape index (κ1) is 12.5. The first-order chi connectivity index (χ1) is 7.63. The molecular formula is C12H17NO3. The number of carbonyl (C=O) groups is 1. The Morgan fingerprint density at radius 1 is 1.31 bits per heavy atom. The number of ether oxygens (including phenoxy) is 1. The first-order valence-electron chi connectivity index (χ1n) is 5.16. The molecule has 16 heavy (non-hydrogen) atoms. The molecule has 1 rings (SSSR count). The zero-order valence-corrected chi connectivity index (χ0v) is 9.64. The highest BCUT2D eigenvalue weighted by molar-refractivity contribution is 5.72. The number of anilines is 1. The van der Waals surface area contributed by atoms with Gasteiger partial charge >= 0.3 is 5.97 Å². The second kappa shape index (κ2) is 6.12. The van der Waals surface area contributed by atoms with Gasteiger partial charge in [0.05, 0.1) is 13.0 Å². The molecule has 0 saturated heterocycles. The standard InChI is InChI=1S/C12H17NO3/c1-13(2)11-5-3-10(4-6-11)9-12(15)16-8-7-14/h3-6,14H,7-9H2,1-2H3. The van der Waals surface area contributed by atoms with Crippen molar-refractivity contribution in [3.63, 3.8) is 0 Å². The molecule has 0 spiro atoms. The molecule has 0 aliphatic rings. The van der Waals surface area contributed by atoms with Crippen LogP contribution >= 0.6 is 0 Å². The van der Waals surface area contributed by atoms with Crippen LogP contribution in [0.1, 0.15) is 5.56 Å². The Bertz CT molecular complexity index is 333. The number of carbonyl (C=O) groups excluding carboxylic acids is 1. The fourth-order valence-electron chi connectivity index (χ4n) is 1.29. The van der Waals surface area contributed by atoms with Crippen LogP contribution in [0, 0.1) is 0 Å². The number of esters is 1. The van der Waals surface area contributed by atoms with Crippen molar-refractivity contribution in [2.75, 3.05) is 32.2 Å². The summed E-state index contributed by atoms with van der Waals surface area (Å²) in [6.07, 6.45) is 0.244. The van der Waals surface area contributed by atoms with Gasteiger partial charge in [-0.15, -0.1) is 0 Å². The molecule has 88 valence electrons. The minimum absolute atomic E-state index is 0.0641. The van der Waals surface area contributed by atoms with Gasteiger partial charge in [0.2, 0.25) is 0 Å². The molecule has 0 radical (unpaired) electrons. The monoisotopic (exact) mass is 223 g/mol. The molecule has 0 aromatic heterocycles. The van der Waals surface area contributed by atoms with E-state index in [1.807, 2.05) is 43.3 Å². The van der Waals surface area contributed by atoms with Gasteiger partial charge in [-0.3, -0.25) is 4.79 Å². The Hall–Kier alpha value is -1.55. The predicted molar refractivity (Wildman–Crippen MR) is 62.5 cm³/mol. The Morgan fingerprint density at radius 2 is 1.94 bits per heavy atom. The normalized spacial score (nSPS) is 9.94. The third-order valence-electron chi connectivity index (χ3n) is 2.16. The summed E-state index contributed by atoms with van der Waals surface area (Å²) in [6.45, 7) is -0.0695. The number of aliphatic hydroxyl groups is 1. The van der Waals surface area contributed by atoms with Crippen molar-refractivity contribution in [2.24, 2.45) is 0 Å². The molecule has 0 bridgehead atoms. The van der Waals surface area contributed by atoms with Gasteiger partial charge in [0, 0.05) is 19.8 Å². The molecule has 0 heterocycles. The molecule has 1 aromatic rings. The number of rotatable bonds is 5. The lowest BCUT2D eigenvalue weighted by atomic mass is 10.1. The van der Waals surface area contributed by atoms with Crippen LogP contribution in [0.2, 0.25) is 0 Å². The van der Waals surface area contributed by atoms with Gasteiger partial charge in [0.1, 0.15) is 6.61 Å². The zero-order chi connectivity index (χ0) is 12.0. The molecule has 4 nitrogen and oxygen atoms in total. The van der Waals surface area contributed by atoms with Crippen LogP contribution in [0.15, 0.2) is 24.3 Å². The quantitative estimate of drug-likeness (QED) is 0.751. The molecule has 4 heteroatoms. The second-order valence-electron chi connectivity index (χ2n) is 3.68. The van der Waals surface area contributed by atoms with E-state index in [1.54, 1.807) is 0 Å². The van der Waals surface area contributed by atoms with E-state index in [0.717, 1.165) is 11.3 Å². The van der Waals surface area contributed by atoms with Gasteiger partial charge in [-0.05, 0) is 17.7 Å². The van der Waals surface area contributed by atoms with Crippen molar-refractivity contribution in [3.8, 4) is 0 Å². The predicted octanol–water partition coefficient (Wildman–Crippen LogP) is 0.831. The molecule has 0 aliphatic carbocycles. The molecule has 1 N–H and O–H groups in total. The summed E-state index contributed by atoms with van der Waals surface area (Å²) in [4.78, 5) is 13.2. The Kier molecular flexibility index (Phi) is 4.79. The van der Waals surface area contributed by atoms with Crippen LogP contribution in [-0.2, 0) is 16.0 Å². The maximum Gasteiger partial charge on any atom is 0.310 e. The molecule has 0 aliphatic heterocycles. The molecule has 1 aromatic carbocycles. The van der Waals surface area contributed by atoms with E-state index >= 15 is 0 Å². The van der Waals surface area contributed by atoms with Crippen molar-refractivity contribution >= 4 is 11.7 Å². The van der Waals surface area contributed by atoms with Gasteiger partial charge in [-0.1, -0.05) is 12.1 Å². The van der Waals surface area contributed by atoms with Gasteiger partial charge < -0.3 is 14.7 Å². The van der Waals surface area contributed by atoms with E-state index in [2.05, 4.69) is 0 Å². The molecular weight excluding hydrogens is 206 g/mol. The summed E-state index contributed by atoms with van der Waals surface area (Å²) in [6, 6.07) is 7.70. The number of aliphatic hydroxyl groups excluding tert-OH is 1. The first-order valence-corrected chi connectivity index (χ1v) is 5.16. The lowest BCUT2D eigenvalue weighted by molar-refractivity contribution is -0.143.